The van der Waals surface area contributed by atoms with E-state index >= 15 is 0 Å². The van der Waals surface area contributed by atoms with Crippen LogP contribution in [0.5, 0.6) is 11.5 Å². The van der Waals surface area contributed by atoms with Crippen LogP contribution in [0.15, 0.2) is 143 Å². The largest absolute Gasteiger partial charge is 0.379 e. The second kappa shape index (κ2) is 12.0. The molecule has 0 unspecified atom stereocenters. The zero-order valence-electron chi connectivity index (χ0n) is 26.2. The Hall–Kier alpha value is -5.32. The number of benzene rings is 6. The minimum atomic E-state index is -4.47. The van der Waals surface area contributed by atoms with Gasteiger partial charge in [-0.3, -0.25) is 0 Å². The van der Waals surface area contributed by atoms with Crippen molar-refractivity contribution in [2.24, 2.45) is 0 Å². The van der Waals surface area contributed by atoms with E-state index in [0.29, 0.717) is 11.1 Å². The van der Waals surface area contributed by atoms with E-state index in [-0.39, 0.29) is 11.5 Å². The van der Waals surface area contributed by atoms with E-state index < -0.39 is 47.1 Å². The molecule has 49 heavy (non-hydrogen) atoms. The number of hydrogen-bond donors (Lipinski definition) is 0. The number of halogens is 2. The van der Waals surface area contributed by atoms with Gasteiger partial charge in [0.25, 0.3) is 0 Å². The number of aryl methyl sites for hydroxylation is 2. The summed E-state index contributed by atoms with van der Waals surface area (Å²) in [5, 5.41) is 0. The van der Waals surface area contributed by atoms with E-state index in [1.54, 1.807) is 38.1 Å². The second-order valence-corrected chi connectivity index (χ2v) is 14.8. The summed E-state index contributed by atoms with van der Waals surface area (Å²) < 4.78 is 92.0. The summed E-state index contributed by atoms with van der Waals surface area (Å²) in [4.78, 5) is -1.13. The van der Waals surface area contributed by atoms with Crippen LogP contribution in [-0.4, -0.2) is 16.8 Å². The quantitative estimate of drug-likeness (QED) is 0.148. The molecule has 0 amide bonds. The molecule has 0 spiro atoms. The zero-order valence-corrected chi connectivity index (χ0v) is 27.9. The molecule has 7 rings (SSSR count). The first-order chi connectivity index (χ1) is 23.4. The van der Waals surface area contributed by atoms with Crippen molar-refractivity contribution in [2.45, 2.75) is 29.1 Å². The lowest BCUT2D eigenvalue weighted by Crippen LogP contribution is -2.29. The molecule has 0 fully saturated rings. The molecular weight excluding hydrogens is 667 g/mol. The third kappa shape index (κ3) is 5.37. The third-order valence-electron chi connectivity index (χ3n) is 8.78. The van der Waals surface area contributed by atoms with E-state index in [1.807, 2.05) is 60.7 Å². The molecule has 0 N–H and O–H groups in total. The summed E-state index contributed by atoms with van der Waals surface area (Å²) in [6.45, 7) is 3.43. The van der Waals surface area contributed by atoms with Gasteiger partial charge in [0.2, 0.25) is 0 Å². The highest BCUT2D eigenvalue weighted by atomic mass is 32.2. The summed E-state index contributed by atoms with van der Waals surface area (Å²) in [6.07, 6.45) is 0. The van der Waals surface area contributed by atoms with Crippen molar-refractivity contribution in [1.82, 2.24) is 0 Å². The highest BCUT2D eigenvalue weighted by molar-refractivity contribution is 7.87. The van der Waals surface area contributed by atoms with Crippen LogP contribution in [0.4, 0.5) is 8.78 Å². The summed E-state index contributed by atoms with van der Waals surface area (Å²) in [5.41, 5.74) is 5.52. The fourth-order valence-electron chi connectivity index (χ4n) is 6.60. The Morgan fingerprint density at radius 3 is 1.24 bits per heavy atom. The van der Waals surface area contributed by atoms with Crippen molar-refractivity contribution in [3.63, 3.8) is 0 Å². The van der Waals surface area contributed by atoms with E-state index in [1.165, 1.54) is 24.3 Å². The van der Waals surface area contributed by atoms with Crippen LogP contribution in [-0.2, 0) is 25.7 Å². The molecule has 1 aliphatic carbocycles. The molecule has 6 nitrogen and oxygen atoms in total. The number of fused-ring (bicyclic) bond motifs is 3. The Morgan fingerprint density at radius 2 is 0.857 bits per heavy atom. The lowest BCUT2D eigenvalue weighted by molar-refractivity contribution is 0.473. The molecule has 10 heteroatoms. The third-order valence-corrected chi connectivity index (χ3v) is 11.3. The van der Waals surface area contributed by atoms with Crippen LogP contribution in [0.25, 0.3) is 11.1 Å². The monoisotopic (exact) mass is 694 g/mol. The van der Waals surface area contributed by atoms with Crippen LogP contribution in [0.3, 0.4) is 0 Å². The standard InChI is InChI=1S/C39H28F2O6S2/c1-25-23-27(19-21-35(25)46-48(42,43)37-17-9-7-15-33(37)40)39(31-13-5-3-11-29(31)30-12-4-6-14-32(30)39)28-20-22-36(26(2)24-28)47-49(44,45)38-18-10-8-16-34(38)41/h3-24H,1-2H3. The average Bonchev–Trinajstić information content (AvgIpc) is 3.38. The van der Waals surface area contributed by atoms with Crippen molar-refractivity contribution >= 4 is 20.2 Å². The summed E-state index contributed by atoms with van der Waals surface area (Å²) in [7, 11) is -8.95. The Balaban J connectivity index is 1.38. The van der Waals surface area contributed by atoms with Gasteiger partial charge in [-0.05, 0) is 94.8 Å². The maximum atomic E-state index is 14.4. The van der Waals surface area contributed by atoms with Crippen molar-refractivity contribution in [3.8, 4) is 22.6 Å². The molecule has 246 valence electrons. The van der Waals surface area contributed by atoms with Crippen molar-refractivity contribution < 1.29 is 34.0 Å². The zero-order chi connectivity index (χ0) is 34.6. The molecule has 0 atom stereocenters. The maximum Gasteiger partial charge on any atom is 0.342 e. The Labute approximate surface area is 283 Å². The minimum Gasteiger partial charge on any atom is -0.379 e. The minimum absolute atomic E-state index is 0.0417. The van der Waals surface area contributed by atoms with E-state index in [4.69, 9.17) is 8.37 Å². The highest BCUT2D eigenvalue weighted by Crippen LogP contribution is 2.56. The normalized spacial score (nSPS) is 13.4. The number of hydrogen-bond acceptors (Lipinski definition) is 6. The Bertz CT molecular complexity index is 2320. The highest BCUT2D eigenvalue weighted by Gasteiger charge is 2.46. The molecule has 0 heterocycles. The first-order valence-corrected chi connectivity index (χ1v) is 18.0. The van der Waals surface area contributed by atoms with Crippen molar-refractivity contribution in [1.29, 1.82) is 0 Å². The molecule has 0 aliphatic heterocycles. The smallest absolute Gasteiger partial charge is 0.342 e. The first-order valence-electron chi connectivity index (χ1n) is 15.2. The van der Waals surface area contributed by atoms with Gasteiger partial charge in [0.1, 0.15) is 32.9 Å². The Morgan fingerprint density at radius 1 is 0.490 bits per heavy atom. The van der Waals surface area contributed by atoms with Gasteiger partial charge in [-0.15, -0.1) is 0 Å². The predicted octanol–water partition coefficient (Wildman–Crippen LogP) is 8.48. The SMILES string of the molecule is Cc1cc(C2(c3ccc(OS(=O)(=O)c4ccccc4F)c(C)c3)c3ccccc3-c3ccccc32)ccc1OS(=O)(=O)c1ccccc1F. The van der Waals surface area contributed by atoms with E-state index in [2.05, 4.69) is 0 Å². The molecular formula is C39H28F2O6S2. The van der Waals surface area contributed by atoms with Gasteiger partial charge in [0.15, 0.2) is 0 Å². The summed E-state index contributed by atoms with van der Waals surface area (Å²) >= 11 is 0. The molecule has 0 bridgehead atoms. The average molecular weight is 695 g/mol. The molecule has 0 aromatic heterocycles. The maximum absolute atomic E-state index is 14.4. The van der Waals surface area contributed by atoms with Gasteiger partial charge < -0.3 is 8.37 Å². The van der Waals surface area contributed by atoms with Gasteiger partial charge >= 0.3 is 20.2 Å². The molecule has 0 saturated heterocycles. The van der Waals surface area contributed by atoms with E-state index in [0.717, 1.165) is 57.6 Å². The van der Waals surface area contributed by atoms with Gasteiger partial charge in [-0.1, -0.05) is 97.1 Å². The summed E-state index contributed by atoms with van der Waals surface area (Å²) in [6, 6.07) is 36.3. The second-order valence-electron chi connectivity index (χ2n) is 11.7. The topological polar surface area (TPSA) is 86.7 Å². The van der Waals surface area contributed by atoms with Gasteiger partial charge in [0.05, 0.1) is 5.41 Å². The van der Waals surface area contributed by atoms with Crippen LogP contribution >= 0.6 is 0 Å². The molecule has 0 saturated carbocycles. The van der Waals surface area contributed by atoms with Gasteiger partial charge in [0, 0.05) is 0 Å². The Kier molecular flexibility index (Phi) is 7.88. The number of rotatable bonds is 8. The molecule has 0 radical (unpaired) electrons. The van der Waals surface area contributed by atoms with Crippen LogP contribution < -0.4 is 8.37 Å². The first kappa shape index (κ1) is 32.2. The predicted molar refractivity (Wildman–Crippen MR) is 182 cm³/mol. The lowest BCUT2D eigenvalue weighted by Gasteiger charge is -2.34. The van der Waals surface area contributed by atoms with Crippen LogP contribution in [0.2, 0.25) is 0 Å². The molecule has 1 aliphatic rings. The van der Waals surface area contributed by atoms with Crippen molar-refractivity contribution in [3.05, 3.63) is 178 Å². The molecule has 6 aromatic carbocycles. The van der Waals surface area contributed by atoms with Gasteiger partial charge in [-0.25, -0.2) is 8.78 Å². The fraction of sp³-hybridized carbons (Fsp3) is 0.0769. The van der Waals surface area contributed by atoms with Crippen LogP contribution in [0.1, 0.15) is 33.4 Å². The lowest BCUT2D eigenvalue weighted by atomic mass is 9.67. The fourth-order valence-corrected chi connectivity index (χ4v) is 8.73. The summed E-state index contributed by atoms with van der Waals surface area (Å²) in [5.74, 6) is -1.75. The van der Waals surface area contributed by atoms with Crippen LogP contribution in [0, 0.1) is 25.5 Å². The molecule has 6 aromatic rings. The van der Waals surface area contributed by atoms with Gasteiger partial charge in [-0.2, -0.15) is 16.8 Å². The van der Waals surface area contributed by atoms with Crippen molar-refractivity contribution in [2.75, 3.05) is 0 Å². The van der Waals surface area contributed by atoms with E-state index in [9.17, 15) is 25.6 Å².